The van der Waals surface area contributed by atoms with E-state index in [1.165, 1.54) is 9.70 Å². The molecule has 0 bridgehead atoms. The van der Waals surface area contributed by atoms with E-state index in [1.54, 1.807) is 24.5 Å². The topological polar surface area (TPSA) is 115 Å². The molecule has 1 aliphatic rings. The monoisotopic (exact) mass is 539 g/mol. The van der Waals surface area contributed by atoms with Gasteiger partial charge in [0.1, 0.15) is 12.6 Å². The summed E-state index contributed by atoms with van der Waals surface area (Å²) in [6.07, 6.45) is 5.06. The Balaban J connectivity index is 1.49. The second-order valence-corrected chi connectivity index (χ2v) is 10.1. The molecule has 0 unspecified atom stereocenters. The molecule has 0 spiro atoms. The number of anilines is 1. The van der Waals surface area contributed by atoms with Crippen molar-refractivity contribution in [1.29, 1.82) is 0 Å². The van der Waals surface area contributed by atoms with Gasteiger partial charge >= 0.3 is 0 Å². The van der Waals surface area contributed by atoms with Gasteiger partial charge in [0.05, 0.1) is 6.10 Å². The molecule has 1 N–H and O–H groups in total. The third-order valence-electron chi connectivity index (χ3n) is 6.98. The summed E-state index contributed by atoms with van der Waals surface area (Å²) in [5, 5.41) is 15.8. The molecule has 2 amide bonds. The van der Waals surface area contributed by atoms with Crippen molar-refractivity contribution < 1.29 is 14.3 Å². The number of nitrogens with zero attached hydrogens (tertiary/aromatic N) is 6. The van der Waals surface area contributed by atoms with Crippen LogP contribution in [0.15, 0.2) is 67.0 Å². The predicted octanol–water partition coefficient (Wildman–Crippen LogP) is 3.73. The van der Waals surface area contributed by atoms with Crippen LogP contribution >= 0.6 is 0 Å². The number of carbonyl (C=O) groups is 2. The van der Waals surface area contributed by atoms with Crippen LogP contribution in [0.2, 0.25) is 0 Å². The van der Waals surface area contributed by atoms with E-state index in [9.17, 15) is 9.59 Å². The normalized spacial score (nSPS) is 15.5. The molecule has 0 radical (unpaired) electrons. The minimum absolute atomic E-state index is 0.0353. The van der Waals surface area contributed by atoms with Gasteiger partial charge in [-0.15, -0.1) is 10.2 Å². The van der Waals surface area contributed by atoms with E-state index >= 15 is 0 Å². The smallest absolute Gasteiger partial charge is 0.251 e. The molecular weight excluding hydrogens is 506 g/mol. The lowest BCUT2D eigenvalue weighted by molar-refractivity contribution is -0.127. The molecule has 10 heteroatoms. The van der Waals surface area contributed by atoms with Gasteiger partial charge in [0, 0.05) is 36.8 Å². The highest BCUT2D eigenvalue weighted by Gasteiger charge is 2.34. The minimum Gasteiger partial charge on any atom is -0.376 e. The summed E-state index contributed by atoms with van der Waals surface area (Å²) in [5.74, 6) is -0.235. The molecule has 0 saturated carbocycles. The van der Waals surface area contributed by atoms with Crippen LogP contribution in [0, 0.1) is 20.8 Å². The van der Waals surface area contributed by atoms with Crippen LogP contribution < -0.4 is 10.2 Å². The first kappa shape index (κ1) is 27.1. The number of hydrogen-bond donors (Lipinski definition) is 1. The molecule has 10 nitrogen and oxygen atoms in total. The van der Waals surface area contributed by atoms with Crippen molar-refractivity contribution in [3.63, 3.8) is 0 Å². The highest BCUT2D eigenvalue weighted by molar-refractivity contribution is 6.01. The Bertz CT molecular complexity index is 1460. The van der Waals surface area contributed by atoms with Crippen molar-refractivity contribution in [2.75, 3.05) is 18.1 Å². The fourth-order valence-electron chi connectivity index (χ4n) is 4.90. The van der Waals surface area contributed by atoms with E-state index in [1.807, 2.05) is 63.2 Å². The average molecular weight is 540 g/mol. The molecule has 4 aromatic rings. The van der Waals surface area contributed by atoms with Crippen LogP contribution in [-0.4, -0.2) is 56.3 Å². The van der Waals surface area contributed by atoms with E-state index in [4.69, 9.17) is 4.74 Å². The van der Waals surface area contributed by atoms with Crippen LogP contribution in [-0.2, 0) is 20.9 Å². The van der Waals surface area contributed by atoms with Gasteiger partial charge in [0.15, 0.2) is 0 Å². The first-order valence-electron chi connectivity index (χ1n) is 13.4. The molecule has 5 rings (SSSR count). The van der Waals surface area contributed by atoms with Crippen LogP contribution in [0.1, 0.15) is 41.1 Å². The van der Waals surface area contributed by atoms with E-state index in [-0.39, 0.29) is 24.5 Å². The molecule has 1 aliphatic heterocycles. The Morgan fingerprint density at radius 3 is 2.50 bits per heavy atom. The van der Waals surface area contributed by atoms with Crippen LogP contribution in [0.4, 0.5) is 5.69 Å². The number of pyridine rings is 1. The molecule has 2 aromatic heterocycles. The van der Waals surface area contributed by atoms with Crippen LogP contribution in [0.5, 0.6) is 0 Å². The van der Waals surface area contributed by atoms with E-state index in [0.717, 1.165) is 35.1 Å². The maximum absolute atomic E-state index is 14.1. The summed E-state index contributed by atoms with van der Waals surface area (Å²) in [4.78, 5) is 34.8. The number of carbonyl (C=O) groups excluding carboxylic acids is 2. The third-order valence-corrected chi connectivity index (χ3v) is 6.98. The Hall–Kier alpha value is -4.44. The average Bonchev–Trinajstić information content (AvgIpc) is 3.64. The van der Waals surface area contributed by atoms with Crippen molar-refractivity contribution in [2.24, 2.45) is 0 Å². The number of aromatic nitrogens is 5. The summed E-state index contributed by atoms with van der Waals surface area (Å²) in [6, 6.07) is 16.1. The summed E-state index contributed by atoms with van der Waals surface area (Å²) in [7, 11) is 0. The maximum Gasteiger partial charge on any atom is 0.251 e. The van der Waals surface area contributed by atoms with Gasteiger partial charge in [0.2, 0.25) is 11.7 Å². The standard InChI is InChI=1S/C30H33N7O3/c1-20-6-9-24(10-7-20)29-33-35-36(34-29)19-27(38)37(26-11-8-21(2)17-22(26)3)28(23-12-14-31-15-13-23)30(39)32-18-25-5-4-16-40-25/h6-15,17,25,28H,4-5,16,18-19H2,1-3H3,(H,32,39)/t25-,28-/m0/s1. The second-order valence-electron chi connectivity index (χ2n) is 10.1. The summed E-state index contributed by atoms with van der Waals surface area (Å²) < 4.78 is 5.71. The molecule has 206 valence electrons. The second kappa shape index (κ2) is 12.2. The number of benzene rings is 2. The zero-order valence-corrected chi connectivity index (χ0v) is 22.9. The quantitative estimate of drug-likeness (QED) is 0.345. The molecular formula is C30H33N7O3. The van der Waals surface area contributed by atoms with Crippen LogP contribution in [0.25, 0.3) is 11.4 Å². The van der Waals surface area contributed by atoms with Gasteiger partial charge in [-0.25, -0.2) is 0 Å². The first-order valence-corrected chi connectivity index (χ1v) is 13.4. The van der Waals surface area contributed by atoms with Crippen molar-refractivity contribution in [3.05, 3.63) is 89.2 Å². The van der Waals surface area contributed by atoms with E-state index < -0.39 is 6.04 Å². The molecule has 0 aliphatic carbocycles. The maximum atomic E-state index is 14.1. The van der Waals surface area contributed by atoms with Gasteiger partial charge in [-0.3, -0.25) is 19.5 Å². The van der Waals surface area contributed by atoms with E-state index in [2.05, 4.69) is 25.7 Å². The zero-order chi connectivity index (χ0) is 28.1. The molecule has 1 fully saturated rings. The molecule has 2 atom stereocenters. The third kappa shape index (κ3) is 6.23. The lowest BCUT2D eigenvalue weighted by Gasteiger charge is -2.32. The minimum atomic E-state index is -0.946. The first-order chi connectivity index (χ1) is 19.4. The van der Waals surface area contributed by atoms with Gasteiger partial charge in [-0.2, -0.15) is 4.80 Å². The Morgan fingerprint density at radius 2 is 1.80 bits per heavy atom. The SMILES string of the molecule is Cc1ccc(-c2nnn(CC(=O)N(c3ccc(C)cc3C)[C@H](C(=O)NC[C@@H]3CCCO3)c3ccncc3)n2)cc1. The number of amides is 2. The van der Waals surface area contributed by atoms with Crippen molar-refractivity contribution >= 4 is 17.5 Å². The Labute approximate surface area is 233 Å². The van der Waals surface area contributed by atoms with Gasteiger partial charge < -0.3 is 10.1 Å². The fraction of sp³-hybridized carbons (Fsp3) is 0.333. The summed E-state index contributed by atoms with van der Waals surface area (Å²) in [6.45, 7) is 6.79. The Kier molecular flexibility index (Phi) is 8.26. The van der Waals surface area contributed by atoms with Crippen LogP contribution in [0.3, 0.4) is 0 Å². The highest BCUT2D eigenvalue weighted by Crippen LogP contribution is 2.31. The lowest BCUT2D eigenvalue weighted by atomic mass is 10.0. The lowest BCUT2D eigenvalue weighted by Crippen LogP contribution is -2.47. The van der Waals surface area contributed by atoms with Gasteiger partial charge in [-0.1, -0.05) is 47.5 Å². The van der Waals surface area contributed by atoms with E-state index in [0.29, 0.717) is 30.2 Å². The number of hydrogen-bond acceptors (Lipinski definition) is 7. The number of nitrogens with one attached hydrogen (secondary N) is 1. The molecule has 3 heterocycles. The number of rotatable bonds is 9. The zero-order valence-electron chi connectivity index (χ0n) is 22.9. The number of tetrazole rings is 1. The summed E-state index contributed by atoms with van der Waals surface area (Å²) >= 11 is 0. The van der Waals surface area contributed by atoms with Crippen molar-refractivity contribution in [1.82, 2.24) is 30.5 Å². The number of aryl methyl sites for hydroxylation is 3. The molecule has 1 saturated heterocycles. The van der Waals surface area contributed by atoms with Gasteiger partial charge in [0.25, 0.3) is 5.91 Å². The fourth-order valence-corrected chi connectivity index (χ4v) is 4.90. The highest BCUT2D eigenvalue weighted by atomic mass is 16.5. The van der Waals surface area contributed by atoms with Crippen molar-refractivity contribution in [2.45, 2.75) is 52.3 Å². The van der Waals surface area contributed by atoms with Gasteiger partial charge in [-0.05, 0) is 68.2 Å². The molecule has 2 aromatic carbocycles. The largest absolute Gasteiger partial charge is 0.376 e. The number of ether oxygens (including phenoxy) is 1. The summed E-state index contributed by atoms with van der Waals surface area (Å²) in [5.41, 5.74) is 5.11. The van der Waals surface area contributed by atoms with Crippen molar-refractivity contribution in [3.8, 4) is 11.4 Å². The Morgan fingerprint density at radius 1 is 1.05 bits per heavy atom. The predicted molar refractivity (Wildman–Crippen MR) is 150 cm³/mol. The molecule has 40 heavy (non-hydrogen) atoms.